The van der Waals surface area contributed by atoms with E-state index in [-0.39, 0.29) is 5.82 Å². The summed E-state index contributed by atoms with van der Waals surface area (Å²) in [5.74, 6) is 0.335. The standard InChI is InChI=1S/C15H23N5O/c16-14(21)15-17-7-6-13(18-15)20-10-8-19(9-11-20)12-4-2-1-3-5-12/h6-7,12H,1-5,8-11H2,(H2,16,21). The van der Waals surface area contributed by atoms with Crippen LogP contribution < -0.4 is 10.6 Å². The average molecular weight is 289 g/mol. The second kappa shape index (κ2) is 6.39. The Balaban J connectivity index is 1.60. The molecule has 6 heteroatoms. The lowest BCUT2D eigenvalue weighted by molar-refractivity contribution is 0.0990. The molecule has 6 nitrogen and oxygen atoms in total. The number of aromatic nitrogens is 2. The summed E-state index contributed by atoms with van der Waals surface area (Å²) in [5.41, 5.74) is 5.24. The van der Waals surface area contributed by atoms with E-state index in [2.05, 4.69) is 19.8 Å². The molecule has 1 aliphatic heterocycles. The number of carbonyl (C=O) groups is 1. The van der Waals surface area contributed by atoms with E-state index in [4.69, 9.17) is 5.73 Å². The van der Waals surface area contributed by atoms with Crippen molar-refractivity contribution in [1.29, 1.82) is 0 Å². The van der Waals surface area contributed by atoms with Gasteiger partial charge in [-0.05, 0) is 18.9 Å². The molecule has 1 saturated heterocycles. The van der Waals surface area contributed by atoms with Gasteiger partial charge in [-0.25, -0.2) is 9.97 Å². The molecule has 21 heavy (non-hydrogen) atoms. The minimum Gasteiger partial charge on any atom is -0.363 e. The molecule has 1 aliphatic carbocycles. The SMILES string of the molecule is NC(=O)c1nccc(N2CCN(C3CCCCC3)CC2)n1. The van der Waals surface area contributed by atoms with Crippen LogP contribution in [-0.4, -0.2) is 53.0 Å². The maximum atomic E-state index is 11.2. The Kier molecular flexibility index (Phi) is 4.34. The Morgan fingerprint density at radius 3 is 2.52 bits per heavy atom. The number of rotatable bonds is 3. The first-order valence-corrected chi connectivity index (χ1v) is 7.86. The molecule has 0 unspecified atom stereocenters. The van der Waals surface area contributed by atoms with Crippen LogP contribution in [0.5, 0.6) is 0 Å². The van der Waals surface area contributed by atoms with E-state index in [0.717, 1.165) is 38.0 Å². The van der Waals surface area contributed by atoms with Gasteiger partial charge < -0.3 is 10.6 Å². The minimum absolute atomic E-state index is 0.0993. The van der Waals surface area contributed by atoms with Crippen molar-refractivity contribution in [3.05, 3.63) is 18.1 Å². The second-order valence-corrected chi connectivity index (χ2v) is 5.92. The van der Waals surface area contributed by atoms with Gasteiger partial charge >= 0.3 is 0 Å². The second-order valence-electron chi connectivity index (χ2n) is 5.92. The number of nitrogens with zero attached hydrogens (tertiary/aromatic N) is 4. The van der Waals surface area contributed by atoms with Crippen LogP contribution in [0.2, 0.25) is 0 Å². The first kappa shape index (κ1) is 14.3. The number of hydrogen-bond donors (Lipinski definition) is 1. The smallest absolute Gasteiger partial charge is 0.286 e. The summed E-state index contributed by atoms with van der Waals surface area (Å²) >= 11 is 0. The molecular weight excluding hydrogens is 266 g/mol. The molecule has 2 heterocycles. The van der Waals surface area contributed by atoms with Crippen molar-refractivity contribution in [2.45, 2.75) is 38.1 Å². The molecule has 114 valence electrons. The molecule has 1 aromatic rings. The van der Waals surface area contributed by atoms with Crippen LogP contribution in [0.4, 0.5) is 5.82 Å². The molecule has 3 rings (SSSR count). The molecule has 1 amide bonds. The number of primary amides is 1. The quantitative estimate of drug-likeness (QED) is 0.899. The van der Waals surface area contributed by atoms with Gasteiger partial charge in [-0.3, -0.25) is 9.69 Å². The number of carbonyl (C=O) groups excluding carboxylic acids is 1. The zero-order valence-corrected chi connectivity index (χ0v) is 12.4. The van der Waals surface area contributed by atoms with Crippen molar-refractivity contribution in [1.82, 2.24) is 14.9 Å². The Bertz CT molecular complexity index is 493. The van der Waals surface area contributed by atoms with Gasteiger partial charge in [0, 0.05) is 38.4 Å². The van der Waals surface area contributed by atoms with Gasteiger partial charge in [0.05, 0.1) is 0 Å². The molecule has 0 aromatic carbocycles. The average Bonchev–Trinajstić information content (AvgIpc) is 2.56. The monoisotopic (exact) mass is 289 g/mol. The van der Waals surface area contributed by atoms with Crippen molar-refractivity contribution in [2.75, 3.05) is 31.1 Å². The molecule has 0 spiro atoms. The first-order chi connectivity index (χ1) is 10.2. The summed E-state index contributed by atoms with van der Waals surface area (Å²) in [7, 11) is 0. The van der Waals surface area contributed by atoms with Crippen molar-refractivity contribution in [3.63, 3.8) is 0 Å². The summed E-state index contributed by atoms with van der Waals surface area (Å²) in [6.45, 7) is 4.04. The summed E-state index contributed by atoms with van der Waals surface area (Å²) in [6, 6.07) is 2.62. The lowest BCUT2D eigenvalue weighted by Gasteiger charge is -2.41. The van der Waals surface area contributed by atoms with Crippen molar-refractivity contribution in [2.24, 2.45) is 5.73 Å². The van der Waals surface area contributed by atoms with Gasteiger partial charge in [-0.2, -0.15) is 0 Å². The van der Waals surface area contributed by atoms with Crippen molar-refractivity contribution in [3.8, 4) is 0 Å². The van der Waals surface area contributed by atoms with E-state index in [0.29, 0.717) is 0 Å². The van der Waals surface area contributed by atoms with Crippen LogP contribution in [0.15, 0.2) is 12.3 Å². The highest BCUT2D eigenvalue weighted by molar-refractivity contribution is 5.89. The first-order valence-electron chi connectivity index (χ1n) is 7.86. The molecule has 0 atom stereocenters. The fourth-order valence-corrected chi connectivity index (χ4v) is 3.41. The zero-order valence-electron chi connectivity index (χ0n) is 12.4. The molecule has 1 saturated carbocycles. The highest BCUT2D eigenvalue weighted by Crippen LogP contribution is 2.24. The van der Waals surface area contributed by atoms with E-state index in [1.807, 2.05) is 6.07 Å². The van der Waals surface area contributed by atoms with Gasteiger partial charge in [0.2, 0.25) is 5.82 Å². The van der Waals surface area contributed by atoms with Crippen LogP contribution in [0.3, 0.4) is 0 Å². The Morgan fingerprint density at radius 1 is 1.14 bits per heavy atom. The van der Waals surface area contributed by atoms with Gasteiger partial charge in [-0.15, -0.1) is 0 Å². The molecule has 0 radical (unpaired) electrons. The van der Waals surface area contributed by atoms with Crippen LogP contribution in [0, 0.1) is 0 Å². The number of hydrogen-bond acceptors (Lipinski definition) is 5. The third-order valence-electron chi connectivity index (χ3n) is 4.59. The van der Waals surface area contributed by atoms with Gasteiger partial charge in [-0.1, -0.05) is 19.3 Å². The van der Waals surface area contributed by atoms with E-state index in [1.165, 1.54) is 32.1 Å². The lowest BCUT2D eigenvalue weighted by atomic mass is 9.94. The predicted octanol–water partition coefficient (Wildman–Crippen LogP) is 1.03. The normalized spacial score (nSPS) is 21.4. The molecule has 0 bridgehead atoms. The van der Waals surface area contributed by atoms with E-state index in [1.54, 1.807) is 6.20 Å². The van der Waals surface area contributed by atoms with E-state index >= 15 is 0 Å². The molecule has 2 N–H and O–H groups in total. The third kappa shape index (κ3) is 3.32. The van der Waals surface area contributed by atoms with Gasteiger partial charge in [0.25, 0.3) is 5.91 Å². The van der Waals surface area contributed by atoms with E-state index in [9.17, 15) is 4.79 Å². The number of anilines is 1. The summed E-state index contributed by atoms with van der Waals surface area (Å²) in [6.07, 6.45) is 8.44. The zero-order chi connectivity index (χ0) is 14.7. The van der Waals surface area contributed by atoms with Crippen LogP contribution >= 0.6 is 0 Å². The molecule has 1 aromatic heterocycles. The summed E-state index contributed by atoms with van der Waals surface area (Å²) in [4.78, 5) is 24.2. The van der Waals surface area contributed by atoms with E-state index < -0.39 is 5.91 Å². The highest BCUT2D eigenvalue weighted by Gasteiger charge is 2.25. The Hall–Kier alpha value is -1.69. The Labute approximate surface area is 125 Å². The summed E-state index contributed by atoms with van der Waals surface area (Å²) < 4.78 is 0. The van der Waals surface area contributed by atoms with Crippen LogP contribution in [-0.2, 0) is 0 Å². The van der Waals surface area contributed by atoms with Crippen molar-refractivity contribution < 1.29 is 4.79 Å². The molecular formula is C15H23N5O. The molecule has 2 aliphatic rings. The minimum atomic E-state index is -0.572. The largest absolute Gasteiger partial charge is 0.363 e. The third-order valence-corrected chi connectivity index (χ3v) is 4.59. The highest BCUT2D eigenvalue weighted by atomic mass is 16.1. The maximum Gasteiger partial charge on any atom is 0.286 e. The number of nitrogens with two attached hydrogens (primary N) is 1. The van der Waals surface area contributed by atoms with Crippen LogP contribution in [0.25, 0.3) is 0 Å². The molecule has 2 fully saturated rings. The fourth-order valence-electron chi connectivity index (χ4n) is 3.41. The maximum absolute atomic E-state index is 11.2. The van der Waals surface area contributed by atoms with Gasteiger partial charge in [0.15, 0.2) is 0 Å². The fraction of sp³-hybridized carbons (Fsp3) is 0.667. The Morgan fingerprint density at radius 2 is 1.86 bits per heavy atom. The number of piperazine rings is 1. The predicted molar refractivity (Wildman–Crippen MR) is 81.2 cm³/mol. The summed E-state index contributed by atoms with van der Waals surface area (Å²) in [5, 5.41) is 0. The van der Waals surface area contributed by atoms with Gasteiger partial charge in [0.1, 0.15) is 5.82 Å². The topological polar surface area (TPSA) is 75.4 Å². The van der Waals surface area contributed by atoms with Crippen LogP contribution in [0.1, 0.15) is 42.7 Å². The number of amides is 1. The van der Waals surface area contributed by atoms with Crippen molar-refractivity contribution >= 4 is 11.7 Å². The lowest BCUT2D eigenvalue weighted by Crippen LogP contribution is -2.51.